The van der Waals surface area contributed by atoms with Crippen LogP contribution in [0.3, 0.4) is 0 Å². The van der Waals surface area contributed by atoms with Gasteiger partial charge in [-0.1, -0.05) is 12.1 Å². The third kappa shape index (κ3) is 2.84. The largest absolute Gasteiger partial charge is 0.463 e. The Morgan fingerprint density at radius 2 is 2.27 bits per heavy atom. The zero-order chi connectivity index (χ0) is 16.3. The van der Waals surface area contributed by atoms with Crippen LogP contribution in [-0.2, 0) is 9.53 Å². The molecule has 114 valence electrons. The fourth-order valence-electron chi connectivity index (χ4n) is 2.57. The highest BCUT2D eigenvalue weighted by Crippen LogP contribution is 2.38. The van der Waals surface area contributed by atoms with Gasteiger partial charge in [0, 0.05) is 5.92 Å². The first-order valence-corrected chi connectivity index (χ1v) is 6.86. The highest BCUT2D eigenvalue weighted by molar-refractivity contribution is 5.97. The Balaban J connectivity index is 2.61. The van der Waals surface area contributed by atoms with E-state index in [0.717, 1.165) is 0 Å². The van der Waals surface area contributed by atoms with Gasteiger partial charge in [0.25, 0.3) is 0 Å². The molecule has 0 amide bonds. The smallest absolute Gasteiger partial charge is 0.336 e. The van der Waals surface area contributed by atoms with E-state index in [4.69, 9.17) is 10.5 Å². The Morgan fingerprint density at radius 1 is 1.55 bits per heavy atom. The average molecular weight is 301 g/mol. The van der Waals surface area contributed by atoms with E-state index in [0.29, 0.717) is 11.3 Å². The predicted molar refractivity (Wildman–Crippen MR) is 79.2 cm³/mol. The molecule has 1 heterocycles. The Labute approximate surface area is 127 Å². The third-order valence-corrected chi connectivity index (χ3v) is 3.49. The summed E-state index contributed by atoms with van der Waals surface area (Å²) in [5.74, 6) is -2.44. The second-order valence-electron chi connectivity index (χ2n) is 4.90. The van der Waals surface area contributed by atoms with Crippen molar-refractivity contribution in [2.45, 2.75) is 19.8 Å². The number of amidine groups is 1. The minimum atomic E-state index is -0.843. The molecule has 0 saturated heterocycles. The Kier molecular flexibility index (Phi) is 4.56. The van der Waals surface area contributed by atoms with Crippen molar-refractivity contribution in [1.29, 1.82) is 5.26 Å². The Bertz CT molecular complexity index is 704. The SMILES string of the molecule is CCOC(=O)C1=C(C)N=C(N)C(C#N)C1c1cccc(F)c1. The number of nitrogens with zero attached hydrogens (tertiary/aromatic N) is 2. The van der Waals surface area contributed by atoms with Crippen LogP contribution < -0.4 is 5.73 Å². The minimum absolute atomic E-state index is 0.113. The van der Waals surface area contributed by atoms with Gasteiger partial charge in [-0.25, -0.2) is 14.2 Å². The number of hydrogen-bond acceptors (Lipinski definition) is 5. The van der Waals surface area contributed by atoms with Crippen molar-refractivity contribution in [2.75, 3.05) is 6.61 Å². The molecule has 0 radical (unpaired) electrons. The number of carbonyl (C=O) groups excluding carboxylic acids is 1. The zero-order valence-corrected chi connectivity index (χ0v) is 12.3. The van der Waals surface area contributed by atoms with Crippen molar-refractivity contribution in [3.8, 4) is 6.07 Å². The molecule has 2 rings (SSSR count). The number of allylic oxidation sites excluding steroid dienone is 1. The van der Waals surface area contributed by atoms with Gasteiger partial charge in [0.1, 0.15) is 17.6 Å². The molecular formula is C16H16FN3O2. The average Bonchev–Trinajstić information content (AvgIpc) is 2.46. The van der Waals surface area contributed by atoms with Gasteiger partial charge in [-0.3, -0.25) is 0 Å². The quantitative estimate of drug-likeness (QED) is 0.867. The van der Waals surface area contributed by atoms with Crippen LogP contribution in [0.2, 0.25) is 0 Å². The molecule has 0 bridgehead atoms. The molecule has 1 aromatic carbocycles. The topological polar surface area (TPSA) is 88.5 Å². The van der Waals surface area contributed by atoms with Gasteiger partial charge >= 0.3 is 5.97 Å². The molecule has 2 atom stereocenters. The van der Waals surface area contributed by atoms with Crippen LogP contribution >= 0.6 is 0 Å². The van der Waals surface area contributed by atoms with E-state index in [2.05, 4.69) is 4.99 Å². The molecule has 2 N–H and O–H groups in total. The zero-order valence-electron chi connectivity index (χ0n) is 12.3. The summed E-state index contributed by atoms with van der Waals surface area (Å²) in [6.07, 6.45) is 0. The van der Waals surface area contributed by atoms with Crippen LogP contribution in [0.4, 0.5) is 4.39 Å². The van der Waals surface area contributed by atoms with E-state index in [9.17, 15) is 14.4 Å². The summed E-state index contributed by atoms with van der Waals surface area (Å²) in [6, 6.07) is 7.82. The minimum Gasteiger partial charge on any atom is -0.463 e. The summed E-state index contributed by atoms with van der Waals surface area (Å²) in [6.45, 7) is 3.51. The van der Waals surface area contributed by atoms with Crippen LogP contribution in [0.15, 0.2) is 40.5 Å². The highest BCUT2D eigenvalue weighted by Gasteiger charge is 2.38. The molecule has 5 nitrogen and oxygen atoms in total. The molecule has 22 heavy (non-hydrogen) atoms. The number of esters is 1. The number of hydrogen-bond donors (Lipinski definition) is 1. The molecule has 1 aliphatic heterocycles. The van der Waals surface area contributed by atoms with E-state index in [-0.39, 0.29) is 18.0 Å². The van der Waals surface area contributed by atoms with Crippen molar-refractivity contribution >= 4 is 11.8 Å². The summed E-state index contributed by atoms with van der Waals surface area (Å²) < 4.78 is 18.6. The van der Waals surface area contributed by atoms with Crippen LogP contribution in [-0.4, -0.2) is 18.4 Å². The summed E-state index contributed by atoms with van der Waals surface area (Å²) >= 11 is 0. The molecule has 2 unspecified atom stereocenters. The van der Waals surface area contributed by atoms with Crippen LogP contribution in [0.5, 0.6) is 0 Å². The molecule has 0 spiro atoms. The monoisotopic (exact) mass is 301 g/mol. The van der Waals surface area contributed by atoms with E-state index in [1.54, 1.807) is 19.9 Å². The number of ether oxygens (including phenoxy) is 1. The maximum Gasteiger partial charge on any atom is 0.336 e. The van der Waals surface area contributed by atoms with Gasteiger partial charge in [-0.2, -0.15) is 5.26 Å². The van der Waals surface area contributed by atoms with Crippen LogP contribution in [0.25, 0.3) is 0 Å². The maximum absolute atomic E-state index is 13.5. The van der Waals surface area contributed by atoms with Gasteiger partial charge in [-0.15, -0.1) is 0 Å². The number of carbonyl (C=O) groups is 1. The van der Waals surface area contributed by atoms with E-state index in [1.165, 1.54) is 18.2 Å². The molecule has 0 fully saturated rings. The van der Waals surface area contributed by atoms with Crippen LogP contribution in [0, 0.1) is 23.1 Å². The molecule has 6 heteroatoms. The van der Waals surface area contributed by atoms with Crippen molar-refractivity contribution in [2.24, 2.45) is 16.6 Å². The first kappa shape index (κ1) is 15.7. The van der Waals surface area contributed by atoms with Crippen molar-refractivity contribution < 1.29 is 13.9 Å². The fourth-order valence-corrected chi connectivity index (χ4v) is 2.57. The van der Waals surface area contributed by atoms with E-state index in [1.807, 2.05) is 6.07 Å². The first-order valence-electron chi connectivity index (χ1n) is 6.86. The maximum atomic E-state index is 13.5. The Morgan fingerprint density at radius 3 is 2.86 bits per heavy atom. The number of rotatable bonds is 3. The number of halogens is 1. The van der Waals surface area contributed by atoms with Gasteiger partial charge in [0.2, 0.25) is 0 Å². The second kappa shape index (κ2) is 6.39. The first-order chi connectivity index (χ1) is 10.5. The number of benzene rings is 1. The Hall–Kier alpha value is -2.68. The molecule has 0 aromatic heterocycles. The summed E-state index contributed by atoms with van der Waals surface area (Å²) in [4.78, 5) is 16.3. The van der Waals surface area contributed by atoms with E-state index >= 15 is 0 Å². The summed E-state index contributed by atoms with van der Waals surface area (Å²) in [5, 5.41) is 9.40. The van der Waals surface area contributed by atoms with Crippen LogP contribution in [0.1, 0.15) is 25.3 Å². The summed E-state index contributed by atoms with van der Waals surface area (Å²) in [5.41, 5.74) is 6.95. The molecule has 1 aliphatic rings. The molecule has 0 saturated carbocycles. The normalized spacial score (nSPS) is 21.1. The van der Waals surface area contributed by atoms with E-state index < -0.39 is 23.6 Å². The van der Waals surface area contributed by atoms with Gasteiger partial charge in [0.15, 0.2) is 0 Å². The molecule has 0 aliphatic carbocycles. The van der Waals surface area contributed by atoms with Crippen molar-refractivity contribution in [1.82, 2.24) is 0 Å². The number of aliphatic imine (C=N–C) groups is 1. The van der Waals surface area contributed by atoms with Crippen molar-refractivity contribution in [3.05, 3.63) is 46.9 Å². The fraction of sp³-hybridized carbons (Fsp3) is 0.312. The lowest BCUT2D eigenvalue weighted by Crippen LogP contribution is -2.35. The molecular weight excluding hydrogens is 285 g/mol. The lowest BCUT2D eigenvalue weighted by molar-refractivity contribution is -0.139. The highest BCUT2D eigenvalue weighted by atomic mass is 19.1. The summed E-state index contributed by atoms with van der Waals surface area (Å²) in [7, 11) is 0. The lowest BCUT2D eigenvalue weighted by Gasteiger charge is -2.28. The van der Waals surface area contributed by atoms with Gasteiger partial charge in [0.05, 0.1) is 23.9 Å². The van der Waals surface area contributed by atoms with Gasteiger partial charge < -0.3 is 10.5 Å². The predicted octanol–water partition coefficient (Wildman–Crippen LogP) is 2.26. The number of nitriles is 1. The van der Waals surface area contributed by atoms with Crippen molar-refractivity contribution in [3.63, 3.8) is 0 Å². The van der Waals surface area contributed by atoms with Gasteiger partial charge in [-0.05, 0) is 31.5 Å². The molecule has 1 aromatic rings. The second-order valence-corrected chi connectivity index (χ2v) is 4.90. The third-order valence-electron chi connectivity index (χ3n) is 3.49. The standard InChI is InChI=1S/C16H16FN3O2/c1-3-22-16(21)13-9(2)20-15(19)12(8-18)14(13)10-5-4-6-11(17)7-10/h4-7,12,14H,3H2,1-2H3,(H2,19,20). The lowest BCUT2D eigenvalue weighted by atomic mass is 9.78. The number of nitrogens with two attached hydrogens (primary N) is 1.